The lowest BCUT2D eigenvalue weighted by atomic mass is 10.2. The van der Waals surface area contributed by atoms with Crippen molar-refractivity contribution in [3.8, 4) is 0 Å². The minimum absolute atomic E-state index is 1.01. The van der Waals surface area contributed by atoms with Gasteiger partial charge in [0.1, 0.15) is 0 Å². The molecule has 0 N–H and O–H groups in total. The molecule has 0 heterocycles. The molecular formula is C9H9Br. The van der Waals surface area contributed by atoms with Crippen LogP contribution in [0.25, 0.3) is 0 Å². The first kappa shape index (κ1) is 7.55. The molecule has 0 fully saturated rings. The van der Waals surface area contributed by atoms with Gasteiger partial charge in [-0.15, -0.1) is 0 Å². The first-order valence-corrected chi connectivity index (χ1v) is 4.14. The van der Waals surface area contributed by atoms with Crippen LogP contribution in [-0.4, -0.2) is 0 Å². The maximum atomic E-state index is 3.23. The average Bonchev–Trinajstić information content (AvgIpc) is 2.03. The smallest absolute Gasteiger partial charge is 0.00892 e. The first-order valence-electron chi connectivity index (χ1n) is 3.22. The van der Waals surface area contributed by atoms with Crippen LogP contribution in [0, 0.1) is 0 Å². The number of hydrogen-bond donors (Lipinski definition) is 0. The summed E-state index contributed by atoms with van der Waals surface area (Å²) >= 11 is 3.23. The molecule has 0 saturated carbocycles. The Balaban J connectivity index is 2.59. The Bertz CT molecular complexity index is 201. The first-order chi connectivity index (χ1) is 4.93. The van der Waals surface area contributed by atoms with E-state index in [9.17, 15) is 0 Å². The van der Waals surface area contributed by atoms with Crippen LogP contribution in [0.5, 0.6) is 0 Å². The van der Waals surface area contributed by atoms with Crippen LogP contribution in [0.1, 0.15) is 5.56 Å². The summed E-state index contributed by atoms with van der Waals surface area (Å²) in [5, 5.41) is 0. The summed E-state index contributed by atoms with van der Waals surface area (Å²) in [6, 6.07) is 10.4. The van der Waals surface area contributed by atoms with Crippen LogP contribution in [-0.2, 0) is 6.42 Å². The van der Waals surface area contributed by atoms with Crippen LogP contribution in [0.2, 0.25) is 0 Å². The molecule has 0 aromatic heterocycles. The molecule has 0 nitrogen and oxygen atoms in total. The molecule has 0 saturated heterocycles. The third kappa shape index (κ3) is 2.36. The van der Waals surface area contributed by atoms with Crippen LogP contribution in [0.4, 0.5) is 0 Å². The van der Waals surface area contributed by atoms with Gasteiger partial charge in [-0.3, -0.25) is 0 Å². The van der Waals surface area contributed by atoms with Crippen LogP contribution in [0.3, 0.4) is 0 Å². The third-order valence-electron chi connectivity index (χ3n) is 1.29. The quantitative estimate of drug-likeness (QED) is 0.683. The van der Waals surface area contributed by atoms with Crippen LogP contribution >= 0.6 is 15.9 Å². The molecule has 0 amide bonds. The highest BCUT2D eigenvalue weighted by Crippen LogP contribution is 2.00. The van der Waals surface area contributed by atoms with E-state index in [1.165, 1.54) is 5.56 Å². The molecule has 0 atom stereocenters. The van der Waals surface area contributed by atoms with Gasteiger partial charge < -0.3 is 0 Å². The lowest BCUT2D eigenvalue weighted by Gasteiger charge is -1.91. The second kappa shape index (κ2) is 4.29. The standard InChI is InChI=1S/C9H9Br/c10-8-4-7-9-5-2-1-3-6-9/h1-6,8H,7H2/b8-4-. The van der Waals surface area contributed by atoms with Crippen molar-refractivity contribution < 1.29 is 0 Å². The molecule has 1 heteroatoms. The third-order valence-corrected chi connectivity index (χ3v) is 1.66. The zero-order valence-electron chi connectivity index (χ0n) is 5.63. The molecule has 0 spiro atoms. The van der Waals surface area contributed by atoms with Gasteiger partial charge in [0.2, 0.25) is 0 Å². The molecule has 0 aliphatic heterocycles. The van der Waals surface area contributed by atoms with Crippen molar-refractivity contribution in [1.29, 1.82) is 0 Å². The highest BCUT2D eigenvalue weighted by molar-refractivity contribution is 9.11. The van der Waals surface area contributed by atoms with Gasteiger partial charge in [-0.2, -0.15) is 0 Å². The van der Waals surface area contributed by atoms with Gasteiger partial charge >= 0.3 is 0 Å². The summed E-state index contributed by atoms with van der Waals surface area (Å²) in [5.74, 6) is 0. The van der Waals surface area contributed by atoms with E-state index in [0.29, 0.717) is 0 Å². The lowest BCUT2D eigenvalue weighted by molar-refractivity contribution is 1.28. The number of hydrogen-bond acceptors (Lipinski definition) is 0. The second-order valence-electron chi connectivity index (χ2n) is 2.05. The van der Waals surface area contributed by atoms with E-state index in [-0.39, 0.29) is 0 Å². The highest BCUT2D eigenvalue weighted by atomic mass is 79.9. The molecule has 52 valence electrons. The van der Waals surface area contributed by atoms with Crippen molar-refractivity contribution in [2.45, 2.75) is 6.42 Å². The number of halogens is 1. The van der Waals surface area contributed by atoms with Gasteiger partial charge in [0.05, 0.1) is 0 Å². The Kier molecular flexibility index (Phi) is 3.23. The molecule has 0 unspecified atom stereocenters. The van der Waals surface area contributed by atoms with Crippen LogP contribution in [0.15, 0.2) is 41.4 Å². The summed E-state index contributed by atoms with van der Waals surface area (Å²) in [7, 11) is 0. The van der Waals surface area contributed by atoms with Gasteiger partial charge in [-0.25, -0.2) is 0 Å². The number of rotatable bonds is 2. The summed E-state index contributed by atoms with van der Waals surface area (Å²) in [5.41, 5.74) is 1.35. The molecule has 0 bridgehead atoms. The fourth-order valence-electron chi connectivity index (χ4n) is 0.795. The maximum Gasteiger partial charge on any atom is -0.00892 e. The zero-order chi connectivity index (χ0) is 7.23. The molecule has 0 radical (unpaired) electrons. The predicted molar refractivity (Wildman–Crippen MR) is 48.2 cm³/mol. The topological polar surface area (TPSA) is 0 Å². The Morgan fingerprint density at radius 2 is 1.90 bits per heavy atom. The van der Waals surface area contributed by atoms with Crippen molar-refractivity contribution in [2.75, 3.05) is 0 Å². The SMILES string of the molecule is Br/C=C\Cc1ccccc1. The lowest BCUT2D eigenvalue weighted by Crippen LogP contribution is -1.76. The van der Waals surface area contributed by atoms with E-state index in [0.717, 1.165) is 6.42 Å². The van der Waals surface area contributed by atoms with Gasteiger partial charge in [-0.05, 0) is 17.0 Å². The predicted octanol–water partition coefficient (Wildman–Crippen LogP) is 3.14. The minimum atomic E-state index is 1.01. The fourth-order valence-corrected chi connectivity index (χ4v) is 0.982. The van der Waals surface area contributed by atoms with E-state index >= 15 is 0 Å². The Morgan fingerprint density at radius 3 is 2.50 bits per heavy atom. The molecule has 0 aliphatic carbocycles. The van der Waals surface area contributed by atoms with E-state index in [4.69, 9.17) is 0 Å². The van der Waals surface area contributed by atoms with E-state index in [1.54, 1.807) is 0 Å². The van der Waals surface area contributed by atoms with E-state index in [1.807, 2.05) is 11.1 Å². The van der Waals surface area contributed by atoms with Crippen molar-refractivity contribution in [2.24, 2.45) is 0 Å². The van der Waals surface area contributed by atoms with Crippen molar-refractivity contribution in [3.63, 3.8) is 0 Å². The monoisotopic (exact) mass is 196 g/mol. The average molecular weight is 197 g/mol. The Hall–Kier alpha value is -0.560. The van der Waals surface area contributed by atoms with E-state index < -0.39 is 0 Å². The van der Waals surface area contributed by atoms with Gasteiger partial charge in [-0.1, -0.05) is 52.3 Å². The molecule has 1 aromatic carbocycles. The molecule has 1 rings (SSSR count). The van der Waals surface area contributed by atoms with Crippen LogP contribution < -0.4 is 0 Å². The van der Waals surface area contributed by atoms with Crippen molar-refractivity contribution in [3.05, 3.63) is 47.0 Å². The number of benzene rings is 1. The Labute approximate surface area is 69.7 Å². The molecular weight excluding hydrogens is 188 g/mol. The maximum absolute atomic E-state index is 3.23. The van der Waals surface area contributed by atoms with Gasteiger partial charge in [0, 0.05) is 0 Å². The highest BCUT2D eigenvalue weighted by Gasteiger charge is 1.83. The van der Waals surface area contributed by atoms with Crippen molar-refractivity contribution >= 4 is 15.9 Å². The zero-order valence-corrected chi connectivity index (χ0v) is 7.21. The second-order valence-corrected chi connectivity index (χ2v) is 2.58. The van der Waals surface area contributed by atoms with Gasteiger partial charge in [0.25, 0.3) is 0 Å². The summed E-state index contributed by atoms with van der Waals surface area (Å²) in [6.45, 7) is 0. The Morgan fingerprint density at radius 1 is 1.20 bits per heavy atom. The molecule has 0 aliphatic rings. The summed E-state index contributed by atoms with van der Waals surface area (Å²) in [6.07, 6.45) is 3.08. The minimum Gasteiger partial charge on any atom is -0.0732 e. The summed E-state index contributed by atoms with van der Waals surface area (Å²) in [4.78, 5) is 1.89. The molecule has 1 aromatic rings. The van der Waals surface area contributed by atoms with Gasteiger partial charge in [0.15, 0.2) is 0 Å². The van der Waals surface area contributed by atoms with Crippen molar-refractivity contribution in [1.82, 2.24) is 0 Å². The summed E-state index contributed by atoms with van der Waals surface area (Å²) < 4.78 is 0. The van der Waals surface area contributed by atoms with E-state index in [2.05, 4.69) is 46.3 Å². The number of allylic oxidation sites excluding steroid dienone is 1. The molecule has 10 heavy (non-hydrogen) atoms. The fraction of sp³-hybridized carbons (Fsp3) is 0.111. The normalized spacial score (nSPS) is 10.5. The largest absolute Gasteiger partial charge is 0.0732 e.